The molecule has 2 bridgehead atoms. The fourth-order valence-corrected chi connectivity index (χ4v) is 5.59. The molecule has 0 unspecified atom stereocenters. The molecule has 3 aliphatic heterocycles. The van der Waals surface area contributed by atoms with Gasteiger partial charge in [-0.15, -0.1) is 0 Å². The number of carbonyl (C=O) groups is 2. The maximum absolute atomic E-state index is 14.0. The maximum atomic E-state index is 14.0. The Morgan fingerprint density at radius 2 is 1.95 bits per heavy atom. The number of rotatable bonds is 3. The normalized spacial score (nSPS) is 25.9. The van der Waals surface area contributed by atoms with Crippen molar-refractivity contribution in [1.82, 2.24) is 14.8 Å². The first-order valence-electron chi connectivity index (χ1n) is 12.0. The highest BCUT2D eigenvalue weighted by Crippen LogP contribution is 2.48. The number of aromatic hydroxyl groups is 1. The Bertz CT molecular complexity index is 1420. The van der Waals surface area contributed by atoms with Gasteiger partial charge in [0, 0.05) is 43.0 Å². The molecule has 10 nitrogen and oxygen atoms in total. The number of amides is 2. The summed E-state index contributed by atoms with van der Waals surface area (Å²) in [6.45, 7) is 3.17. The van der Waals surface area contributed by atoms with Crippen molar-refractivity contribution in [1.29, 1.82) is 0 Å². The number of pyridine rings is 1. The molecule has 1 aromatic carbocycles. The van der Waals surface area contributed by atoms with Gasteiger partial charge in [0.15, 0.2) is 17.0 Å². The average molecular weight is 534 g/mol. The summed E-state index contributed by atoms with van der Waals surface area (Å²) in [6, 6.07) is 0.0235. The first-order valence-corrected chi connectivity index (χ1v) is 12.0. The Kier molecular flexibility index (Phi) is 6.11. The van der Waals surface area contributed by atoms with Crippen molar-refractivity contribution in [3.05, 3.63) is 62.8 Å². The first-order chi connectivity index (χ1) is 18.0. The van der Waals surface area contributed by atoms with Crippen LogP contribution in [0.1, 0.15) is 59.1 Å². The topological polar surface area (TPSA) is 122 Å². The molecule has 202 valence electrons. The molecule has 2 amide bonds. The van der Waals surface area contributed by atoms with Gasteiger partial charge < -0.3 is 29.5 Å². The summed E-state index contributed by atoms with van der Waals surface area (Å²) < 4.78 is 48.0. The number of hydrogen-bond donors (Lipinski definition) is 2. The van der Waals surface area contributed by atoms with Gasteiger partial charge in [-0.1, -0.05) is 5.16 Å². The predicted molar refractivity (Wildman–Crippen MR) is 126 cm³/mol. The van der Waals surface area contributed by atoms with Gasteiger partial charge in [0.25, 0.3) is 11.8 Å². The first kappa shape index (κ1) is 25.6. The van der Waals surface area contributed by atoms with Gasteiger partial charge in [-0.2, -0.15) is 0 Å². The molecule has 38 heavy (non-hydrogen) atoms. The highest BCUT2D eigenvalue weighted by molar-refractivity contribution is 5.99. The lowest BCUT2D eigenvalue weighted by Crippen LogP contribution is -2.54. The van der Waals surface area contributed by atoms with Crippen LogP contribution >= 0.6 is 0 Å². The van der Waals surface area contributed by atoms with Crippen molar-refractivity contribution in [2.45, 2.75) is 50.9 Å². The summed E-state index contributed by atoms with van der Waals surface area (Å²) in [5.74, 6) is -6.14. The standard InChI is InChI=1S/C25H25F3N4O6/c1-11-4-5-25(12(2)23(37-3)30-38-25)18-10-31(11)24(36)19-21(34)20(33)15(9-32(18)19)22(35)29-8-14-16(27)6-13(26)7-17(14)28/h6-7,9,11-12,18,34H,4-5,8,10H2,1-3H3,(H,29,35)/t11-,12-,18+,25-/m0/s1. The fraction of sp³-hybridized carbons (Fsp3) is 0.440. The van der Waals surface area contributed by atoms with E-state index in [0.717, 1.165) is 6.20 Å². The number of ether oxygens (including phenoxy) is 1. The predicted octanol–water partition coefficient (Wildman–Crippen LogP) is 2.45. The molecule has 2 N–H and O–H groups in total. The minimum absolute atomic E-state index is 0.152. The summed E-state index contributed by atoms with van der Waals surface area (Å²) in [4.78, 5) is 46.9. The quantitative estimate of drug-likeness (QED) is 0.624. The van der Waals surface area contributed by atoms with E-state index >= 15 is 0 Å². The van der Waals surface area contributed by atoms with E-state index in [0.29, 0.717) is 30.9 Å². The number of oxime groups is 1. The van der Waals surface area contributed by atoms with Crippen molar-refractivity contribution >= 4 is 17.7 Å². The van der Waals surface area contributed by atoms with Crippen LogP contribution in [-0.4, -0.2) is 57.6 Å². The number of benzene rings is 1. The van der Waals surface area contributed by atoms with E-state index in [9.17, 15) is 32.7 Å². The molecule has 0 aliphatic carbocycles. The molecule has 2 aromatic rings. The van der Waals surface area contributed by atoms with Crippen LogP contribution in [0.2, 0.25) is 0 Å². The lowest BCUT2D eigenvalue weighted by atomic mass is 9.78. The van der Waals surface area contributed by atoms with Crippen LogP contribution in [0.5, 0.6) is 5.75 Å². The van der Waals surface area contributed by atoms with Crippen molar-refractivity contribution in [3.63, 3.8) is 0 Å². The summed E-state index contributed by atoms with van der Waals surface area (Å²) in [5.41, 5.74) is -3.60. The second-order valence-electron chi connectivity index (χ2n) is 9.77. The molecule has 1 spiro atoms. The van der Waals surface area contributed by atoms with Gasteiger partial charge in [-0.25, -0.2) is 13.2 Å². The molecule has 4 heterocycles. The molecule has 0 saturated carbocycles. The van der Waals surface area contributed by atoms with E-state index in [1.165, 1.54) is 11.7 Å². The van der Waals surface area contributed by atoms with Gasteiger partial charge in [0.1, 0.15) is 23.0 Å². The number of carbonyl (C=O) groups excluding carboxylic acids is 2. The van der Waals surface area contributed by atoms with E-state index in [4.69, 9.17) is 9.57 Å². The summed E-state index contributed by atoms with van der Waals surface area (Å²) in [6.07, 6.45) is 2.14. The van der Waals surface area contributed by atoms with Crippen LogP contribution in [0.15, 0.2) is 28.3 Å². The Morgan fingerprint density at radius 1 is 1.26 bits per heavy atom. The van der Waals surface area contributed by atoms with E-state index < -0.39 is 69.8 Å². The van der Waals surface area contributed by atoms with Crippen molar-refractivity contribution in [2.75, 3.05) is 13.7 Å². The third-order valence-corrected chi connectivity index (χ3v) is 7.82. The second kappa shape index (κ2) is 9.07. The zero-order chi connectivity index (χ0) is 27.5. The molecule has 5 rings (SSSR count). The minimum Gasteiger partial charge on any atom is -0.503 e. The Morgan fingerprint density at radius 3 is 2.58 bits per heavy atom. The molecule has 13 heteroatoms. The van der Waals surface area contributed by atoms with Crippen LogP contribution in [0.25, 0.3) is 0 Å². The monoisotopic (exact) mass is 534 g/mol. The number of aromatic nitrogens is 1. The summed E-state index contributed by atoms with van der Waals surface area (Å²) in [7, 11) is 1.46. The zero-order valence-corrected chi connectivity index (χ0v) is 20.8. The lowest BCUT2D eigenvalue weighted by Gasteiger charge is -2.43. The molecule has 0 radical (unpaired) electrons. The summed E-state index contributed by atoms with van der Waals surface area (Å²) in [5, 5.41) is 17.2. The Labute approximate surface area is 214 Å². The van der Waals surface area contributed by atoms with Crippen LogP contribution in [0.3, 0.4) is 0 Å². The molecule has 4 atom stereocenters. The number of nitrogens with one attached hydrogen (secondary N) is 1. The number of methoxy groups -OCH3 is 1. The molecular weight excluding hydrogens is 509 g/mol. The molecule has 1 aromatic heterocycles. The highest BCUT2D eigenvalue weighted by atomic mass is 19.1. The molecule has 1 fully saturated rings. The minimum atomic E-state index is -1.21. The molecule has 1 saturated heterocycles. The maximum Gasteiger partial charge on any atom is 0.274 e. The lowest BCUT2D eigenvalue weighted by molar-refractivity contribution is -0.0866. The number of hydrogen-bond acceptors (Lipinski definition) is 7. The number of fused-ring (bicyclic) bond motifs is 5. The van der Waals surface area contributed by atoms with Crippen LogP contribution in [-0.2, 0) is 16.1 Å². The van der Waals surface area contributed by atoms with Gasteiger partial charge in [-0.3, -0.25) is 14.4 Å². The smallest absolute Gasteiger partial charge is 0.274 e. The second-order valence-corrected chi connectivity index (χ2v) is 9.77. The van der Waals surface area contributed by atoms with E-state index in [1.807, 2.05) is 13.8 Å². The van der Waals surface area contributed by atoms with Crippen molar-refractivity contribution in [2.24, 2.45) is 11.1 Å². The van der Waals surface area contributed by atoms with Gasteiger partial charge >= 0.3 is 0 Å². The van der Waals surface area contributed by atoms with Gasteiger partial charge in [0.05, 0.1) is 19.1 Å². The largest absolute Gasteiger partial charge is 0.503 e. The number of nitrogens with zero attached hydrogens (tertiary/aromatic N) is 3. The molecular formula is C25H25F3N4O6. The van der Waals surface area contributed by atoms with E-state index in [2.05, 4.69) is 10.5 Å². The average Bonchev–Trinajstić information content (AvgIpc) is 3.12. The Balaban J connectivity index is 1.57. The zero-order valence-electron chi connectivity index (χ0n) is 20.8. The highest BCUT2D eigenvalue weighted by Gasteiger charge is 2.58. The van der Waals surface area contributed by atoms with Crippen LogP contribution < -0.4 is 10.7 Å². The number of halogens is 3. The SMILES string of the molecule is COC1=NO[C@@]2(CC[C@H](C)N3C[C@H]2n2cc(C(=O)NCc4c(F)cc(F)cc4F)c(=O)c(O)c2C3=O)[C@H]1C. The van der Waals surface area contributed by atoms with Crippen LogP contribution in [0, 0.1) is 23.4 Å². The fourth-order valence-electron chi connectivity index (χ4n) is 5.59. The van der Waals surface area contributed by atoms with Crippen molar-refractivity contribution < 1.29 is 37.4 Å². The van der Waals surface area contributed by atoms with Crippen LogP contribution in [0.4, 0.5) is 13.2 Å². The Hall–Kier alpha value is -4.03. The molecule has 3 aliphatic rings. The third-order valence-electron chi connectivity index (χ3n) is 7.82. The van der Waals surface area contributed by atoms with Gasteiger partial charge in [0.2, 0.25) is 11.3 Å². The van der Waals surface area contributed by atoms with E-state index in [1.54, 1.807) is 4.90 Å². The van der Waals surface area contributed by atoms with Gasteiger partial charge in [-0.05, 0) is 26.7 Å². The third kappa shape index (κ3) is 3.71. The summed E-state index contributed by atoms with van der Waals surface area (Å²) >= 11 is 0. The van der Waals surface area contributed by atoms with E-state index in [-0.39, 0.29) is 24.2 Å². The van der Waals surface area contributed by atoms with Crippen molar-refractivity contribution in [3.8, 4) is 5.75 Å².